The molecule has 1 aromatic carbocycles. The van der Waals surface area contributed by atoms with Crippen molar-refractivity contribution in [2.45, 2.75) is 12.6 Å². The largest absolute Gasteiger partial charge is 0.419 e. The highest BCUT2D eigenvalue weighted by Crippen LogP contribution is 2.33. The Labute approximate surface area is 150 Å². The molecule has 2 heterocycles. The molecular weight excluding hydrogens is 369 g/mol. The average molecular weight is 383 g/mol. The van der Waals surface area contributed by atoms with Gasteiger partial charge in [-0.15, -0.1) is 0 Å². The number of nitrogens with one attached hydrogen (secondary N) is 2. The Kier molecular flexibility index (Phi) is 5.33. The predicted octanol–water partition coefficient (Wildman–Crippen LogP) is 4.51. The van der Waals surface area contributed by atoms with Crippen LogP contribution in [0, 0.1) is 0 Å². The summed E-state index contributed by atoms with van der Waals surface area (Å²) < 4.78 is 64.7. The first-order chi connectivity index (χ1) is 12.9. The number of hydrogen-bond acceptors (Lipinski definition) is 5. The molecule has 0 atom stereocenters. The number of fused-ring (bicyclic) bond motifs is 1. The summed E-state index contributed by atoms with van der Waals surface area (Å²) in [6.07, 6.45) is -6.12. The number of benzene rings is 1. The molecule has 142 valence electrons. The van der Waals surface area contributed by atoms with Crippen molar-refractivity contribution >= 4 is 22.5 Å². The molecule has 0 aliphatic carbocycles. The van der Waals surface area contributed by atoms with Crippen molar-refractivity contribution in [2.24, 2.45) is 0 Å². The van der Waals surface area contributed by atoms with Crippen LogP contribution in [0.1, 0.15) is 17.8 Å². The molecule has 5 nitrogen and oxygen atoms in total. The van der Waals surface area contributed by atoms with Gasteiger partial charge in [-0.3, -0.25) is 0 Å². The van der Waals surface area contributed by atoms with Crippen LogP contribution >= 0.6 is 0 Å². The molecule has 0 radical (unpaired) electrons. The molecule has 0 spiro atoms. The number of alkyl halides is 5. The van der Waals surface area contributed by atoms with Crippen LogP contribution in [0.5, 0.6) is 0 Å². The maximum Gasteiger partial charge on any atom is 0.419 e. The summed E-state index contributed by atoms with van der Waals surface area (Å²) in [4.78, 5) is 11.3. The average Bonchev–Trinajstić information content (AvgIpc) is 2.64. The minimum atomic E-state index is -4.53. The molecule has 0 aliphatic heterocycles. The third-order valence-corrected chi connectivity index (χ3v) is 3.64. The van der Waals surface area contributed by atoms with E-state index in [1.54, 1.807) is 24.3 Å². The first kappa shape index (κ1) is 18.7. The summed E-state index contributed by atoms with van der Waals surface area (Å²) in [6, 6.07) is 8.74. The molecular formula is C17H14F5N5. The number of nitrogens with zero attached hydrogens (tertiary/aromatic N) is 3. The SMILES string of the molecule is FC(F)c1nc(NCCNc2ncccc2C(F)(F)F)c2ccccc2n1. The number of para-hydroxylation sites is 1. The van der Waals surface area contributed by atoms with Crippen LogP contribution in [-0.4, -0.2) is 28.0 Å². The van der Waals surface area contributed by atoms with Crippen molar-refractivity contribution in [3.05, 3.63) is 54.0 Å². The minimum Gasteiger partial charge on any atom is -0.368 e. The first-order valence-electron chi connectivity index (χ1n) is 7.91. The standard InChI is InChI=1S/C17H14F5N5/c18-13(19)16-26-12-6-2-1-4-10(12)14(27-16)24-8-9-25-15-11(17(20,21)22)5-3-7-23-15/h1-7,13H,8-9H2,(H,23,25)(H,24,26,27). The smallest absolute Gasteiger partial charge is 0.368 e. The van der Waals surface area contributed by atoms with Crippen LogP contribution in [0.15, 0.2) is 42.6 Å². The van der Waals surface area contributed by atoms with Crippen LogP contribution < -0.4 is 10.6 Å². The summed E-state index contributed by atoms with van der Waals surface area (Å²) in [5, 5.41) is 5.98. The topological polar surface area (TPSA) is 62.7 Å². The Morgan fingerprint density at radius 2 is 1.59 bits per heavy atom. The van der Waals surface area contributed by atoms with E-state index in [4.69, 9.17) is 0 Å². The molecule has 0 aliphatic rings. The van der Waals surface area contributed by atoms with Crippen LogP contribution in [0.25, 0.3) is 10.9 Å². The highest BCUT2D eigenvalue weighted by molar-refractivity contribution is 5.89. The van der Waals surface area contributed by atoms with Crippen LogP contribution in [0.3, 0.4) is 0 Å². The van der Waals surface area contributed by atoms with Crippen LogP contribution in [0.2, 0.25) is 0 Å². The monoisotopic (exact) mass is 383 g/mol. The number of rotatable bonds is 6. The highest BCUT2D eigenvalue weighted by Gasteiger charge is 2.33. The summed E-state index contributed by atoms with van der Waals surface area (Å²) in [5.41, 5.74) is -0.528. The highest BCUT2D eigenvalue weighted by atomic mass is 19.4. The summed E-state index contributed by atoms with van der Waals surface area (Å²) in [6.45, 7) is 0.208. The Bertz CT molecular complexity index is 929. The normalized spacial score (nSPS) is 11.8. The molecule has 27 heavy (non-hydrogen) atoms. The van der Waals surface area contributed by atoms with E-state index in [0.29, 0.717) is 10.9 Å². The Morgan fingerprint density at radius 1 is 0.889 bits per heavy atom. The summed E-state index contributed by atoms with van der Waals surface area (Å²) in [7, 11) is 0. The number of halogens is 5. The molecule has 3 aromatic rings. The van der Waals surface area contributed by atoms with Gasteiger partial charge < -0.3 is 10.6 Å². The van der Waals surface area contributed by atoms with Crippen molar-refractivity contribution < 1.29 is 22.0 Å². The van der Waals surface area contributed by atoms with Gasteiger partial charge in [-0.25, -0.2) is 23.7 Å². The van der Waals surface area contributed by atoms with Gasteiger partial charge in [0.15, 0.2) is 5.82 Å². The fourth-order valence-corrected chi connectivity index (χ4v) is 2.46. The fourth-order valence-electron chi connectivity index (χ4n) is 2.46. The van der Waals surface area contributed by atoms with Gasteiger partial charge in [-0.1, -0.05) is 12.1 Å². The molecule has 0 unspecified atom stereocenters. The van der Waals surface area contributed by atoms with Crippen molar-refractivity contribution in [2.75, 3.05) is 23.7 Å². The molecule has 2 N–H and O–H groups in total. The van der Waals surface area contributed by atoms with E-state index >= 15 is 0 Å². The maximum absolute atomic E-state index is 13.0. The van der Waals surface area contributed by atoms with E-state index in [1.165, 1.54) is 12.3 Å². The van der Waals surface area contributed by atoms with Gasteiger partial charge in [-0.05, 0) is 24.3 Å². The van der Waals surface area contributed by atoms with Gasteiger partial charge in [0.25, 0.3) is 6.43 Å². The lowest BCUT2D eigenvalue weighted by Crippen LogP contribution is -2.18. The number of pyridine rings is 1. The zero-order valence-corrected chi connectivity index (χ0v) is 13.8. The third kappa shape index (κ3) is 4.39. The third-order valence-electron chi connectivity index (χ3n) is 3.64. The molecule has 0 saturated heterocycles. The van der Waals surface area contributed by atoms with E-state index in [2.05, 4.69) is 25.6 Å². The number of anilines is 2. The summed E-state index contributed by atoms with van der Waals surface area (Å²) in [5.74, 6) is -0.726. The lowest BCUT2D eigenvalue weighted by Gasteiger charge is -2.14. The minimum absolute atomic E-state index is 0.0719. The van der Waals surface area contributed by atoms with Crippen molar-refractivity contribution in [3.63, 3.8) is 0 Å². The van der Waals surface area contributed by atoms with Crippen LogP contribution in [-0.2, 0) is 6.18 Å². The second kappa shape index (κ2) is 7.68. The zero-order valence-electron chi connectivity index (χ0n) is 13.8. The Morgan fingerprint density at radius 3 is 2.30 bits per heavy atom. The van der Waals surface area contributed by atoms with Crippen molar-refractivity contribution in [3.8, 4) is 0 Å². The fraction of sp³-hybridized carbons (Fsp3) is 0.235. The second-order valence-electron chi connectivity index (χ2n) is 5.50. The van der Waals surface area contributed by atoms with E-state index < -0.39 is 24.0 Å². The first-order valence-corrected chi connectivity index (χ1v) is 7.91. The molecule has 0 amide bonds. The maximum atomic E-state index is 13.0. The molecule has 3 rings (SSSR count). The lowest BCUT2D eigenvalue weighted by molar-refractivity contribution is -0.137. The van der Waals surface area contributed by atoms with Gasteiger partial charge in [0.05, 0.1) is 11.1 Å². The van der Waals surface area contributed by atoms with Crippen molar-refractivity contribution in [1.29, 1.82) is 0 Å². The number of hydrogen-bond donors (Lipinski definition) is 2. The molecule has 10 heteroatoms. The van der Waals surface area contributed by atoms with E-state index in [0.717, 1.165) is 6.07 Å². The van der Waals surface area contributed by atoms with Gasteiger partial charge >= 0.3 is 6.18 Å². The van der Waals surface area contributed by atoms with Crippen LogP contribution in [0.4, 0.5) is 33.6 Å². The van der Waals surface area contributed by atoms with E-state index in [1.807, 2.05) is 0 Å². The van der Waals surface area contributed by atoms with E-state index in [-0.39, 0.29) is 24.7 Å². The molecule has 0 bridgehead atoms. The summed E-state index contributed by atoms with van der Waals surface area (Å²) >= 11 is 0. The quantitative estimate of drug-likeness (QED) is 0.485. The van der Waals surface area contributed by atoms with Gasteiger partial charge in [0.1, 0.15) is 11.6 Å². The number of aromatic nitrogens is 3. The molecule has 2 aromatic heterocycles. The molecule has 0 saturated carbocycles. The predicted molar refractivity (Wildman–Crippen MR) is 90.7 cm³/mol. The van der Waals surface area contributed by atoms with E-state index in [9.17, 15) is 22.0 Å². The molecule has 0 fully saturated rings. The van der Waals surface area contributed by atoms with Gasteiger partial charge in [0, 0.05) is 24.7 Å². The Hall–Kier alpha value is -3.04. The Balaban J connectivity index is 1.72. The second-order valence-corrected chi connectivity index (χ2v) is 5.50. The van der Waals surface area contributed by atoms with Gasteiger partial charge in [-0.2, -0.15) is 13.2 Å². The van der Waals surface area contributed by atoms with Crippen molar-refractivity contribution in [1.82, 2.24) is 15.0 Å². The zero-order chi connectivity index (χ0) is 19.4. The lowest BCUT2D eigenvalue weighted by atomic mass is 10.2. The van der Waals surface area contributed by atoms with Gasteiger partial charge in [0.2, 0.25) is 0 Å².